The Hall–Kier alpha value is -2.34. The Morgan fingerprint density at radius 3 is 2.96 bits per heavy atom. The zero-order valence-corrected chi connectivity index (χ0v) is 13.9. The first-order valence-corrected chi connectivity index (χ1v) is 8.32. The molecule has 128 valence electrons. The summed E-state index contributed by atoms with van der Waals surface area (Å²) in [5.74, 6) is 0.668. The van der Waals surface area contributed by atoms with Gasteiger partial charge < -0.3 is 19.4 Å². The maximum Gasteiger partial charge on any atom is 0.251 e. The first-order valence-electron chi connectivity index (χ1n) is 8.32. The number of imidazole rings is 1. The van der Waals surface area contributed by atoms with Gasteiger partial charge >= 0.3 is 0 Å². The fourth-order valence-electron chi connectivity index (χ4n) is 2.73. The number of hydrogen-bond donors (Lipinski definition) is 1. The highest BCUT2D eigenvalue weighted by Crippen LogP contribution is 2.16. The van der Waals surface area contributed by atoms with Crippen molar-refractivity contribution in [1.29, 1.82) is 0 Å². The highest BCUT2D eigenvalue weighted by molar-refractivity contribution is 5.94. The Morgan fingerprint density at radius 2 is 2.29 bits per heavy atom. The Bertz CT molecular complexity index is 634. The molecule has 24 heavy (non-hydrogen) atoms. The third kappa shape index (κ3) is 4.58. The van der Waals surface area contributed by atoms with Crippen molar-refractivity contribution in [2.75, 3.05) is 13.2 Å². The minimum atomic E-state index is -0.0895. The van der Waals surface area contributed by atoms with Crippen LogP contribution < -0.4 is 10.1 Å². The van der Waals surface area contributed by atoms with Gasteiger partial charge in [0.25, 0.3) is 5.91 Å². The van der Waals surface area contributed by atoms with Crippen LogP contribution in [0.1, 0.15) is 30.1 Å². The molecule has 6 heteroatoms. The van der Waals surface area contributed by atoms with Gasteiger partial charge in [0.1, 0.15) is 12.4 Å². The van der Waals surface area contributed by atoms with Crippen molar-refractivity contribution in [3.63, 3.8) is 0 Å². The molecule has 6 nitrogen and oxygen atoms in total. The van der Waals surface area contributed by atoms with Gasteiger partial charge in [0.15, 0.2) is 0 Å². The van der Waals surface area contributed by atoms with E-state index in [2.05, 4.69) is 10.3 Å². The summed E-state index contributed by atoms with van der Waals surface area (Å²) in [6, 6.07) is 7.23. The number of rotatable bonds is 7. The molecule has 1 aliphatic heterocycles. The molecule has 1 amide bonds. The van der Waals surface area contributed by atoms with E-state index >= 15 is 0 Å². The number of amides is 1. The second-order valence-electron chi connectivity index (χ2n) is 6.10. The summed E-state index contributed by atoms with van der Waals surface area (Å²) in [5, 5.41) is 2.98. The molecule has 2 atom stereocenters. The quantitative estimate of drug-likeness (QED) is 0.846. The lowest BCUT2D eigenvalue weighted by molar-refractivity contribution is 0.0679. The smallest absolute Gasteiger partial charge is 0.251 e. The van der Waals surface area contributed by atoms with Crippen molar-refractivity contribution in [3.8, 4) is 5.75 Å². The summed E-state index contributed by atoms with van der Waals surface area (Å²) in [6.07, 6.45) is 7.69. The van der Waals surface area contributed by atoms with Gasteiger partial charge in [-0.05, 0) is 44.0 Å². The molecule has 0 radical (unpaired) electrons. The number of ether oxygens (including phenoxy) is 2. The van der Waals surface area contributed by atoms with Crippen molar-refractivity contribution >= 4 is 5.91 Å². The van der Waals surface area contributed by atoms with E-state index in [9.17, 15) is 4.79 Å². The van der Waals surface area contributed by atoms with Crippen LogP contribution in [-0.4, -0.2) is 40.8 Å². The minimum absolute atomic E-state index is 0.0159. The van der Waals surface area contributed by atoms with Crippen LogP contribution >= 0.6 is 0 Å². The van der Waals surface area contributed by atoms with Gasteiger partial charge in [0, 0.05) is 37.2 Å². The maximum atomic E-state index is 12.3. The SMILES string of the molecule is C[C@@H](Cn1ccnc1)NC(=O)c1ccc(OC[C@@H]2CCCO2)cc1. The average Bonchev–Trinajstić information content (AvgIpc) is 3.27. The lowest BCUT2D eigenvalue weighted by Crippen LogP contribution is -2.35. The van der Waals surface area contributed by atoms with Gasteiger partial charge in [-0.25, -0.2) is 4.98 Å². The number of carbonyl (C=O) groups is 1. The van der Waals surface area contributed by atoms with Crippen LogP contribution in [0.4, 0.5) is 0 Å². The molecule has 1 aromatic heterocycles. The highest BCUT2D eigenvalue weighted by atomic mass is 16.5. The first kappa shape index (κ1) is 16.5. The van der Waals surface area contributed by atoms with E-state index in [1.54, 1.807) is 24.7 Å². The van der Waals surface area contributed by atoms with Crippen molar-refractivity contribution in [2.45, 2.75) is 38.5 Å². The minimum Gasteiger partial charge on any atom is -0.491 e. The lowest BCUT2D eigenvalue weighted by atomic mass is 10.2. The molecule has 2 aromatic rings. The Labute approximate surface area is 141 Å². The van der Waals surface area contributed by atoms with Crippen LogP contribution in [0.15, 0.2) is 43.0 Å². The van der Waals surface area contributed by atoms with E-state index in [-0.39, 0.29) is 18.1 Å². The van der Waals surface area contributed by atoms with E-state index in [1.807, 2.05) is 29.8 Å². The molecule has 3 rings (SSSR count). The fraction of sp³-hybridized carbons (Fsp3) is 0.444. The predicted octanol–water partition coefficient (Wildman–Crippen LogP) is 2.26. The van der Waals surface area contributed by atoms with E-state index < -0.39 is 0 Å². The second-order valence-corrected chi connectivity index (χ2v) is 6.10. The topological polar surface area (TPSA) is 65.4 Å². The standard InChI is InChI=1S/C18H23N3O3/c1-14(11-21-9-8-19-13-21)20-18(22)15-4-6-16(7-5-15)24-12-17-3-2-10-23-17/h4-9,13-14,17H,2-3,10-12H2,1H3,(H,20,22)/t14-,17-/m0/s1. The van der Waals surface area contributed by atoms with Gasteiger partial charge in [0.05, 0.1) is 12.4 Å². The number of carbonyl (C=O) groups excluding carboxylic acids is 1. The van der Waals surface area contributed by atoms with Crippen molar-refractivity contribution in [2.24, 2.45) is 0 Å². The van der Waals surface area contributed by atoms with Crippen LogP contribution in [0, 0.1) is 0 Å². The van der Waals surface area contributed by atoms with Crippen LogP contribution in [-0.2, 0) is 11.3 Å². The fourth-order valence-corrected chi connectivity index (χ4v) is 2.73. The van der Waals surface area contributed by atoms with Crippen LogP contribution in [0.25, 0.3) is 0 Å². The molecule has 1 aliphatic rings. The molecular weight excluding hydrogens is 306 g/mol. The second kappa shape index (κ2) is 7.97. The molecular formula is C18H23N3O3. The molecule has 0 saturated carbocycles. The molecule has 0 bridgehead atoms. The van der Waals surface area contributed by atoms with Crippen LogP contribution in [0.3, 0.4) is 0 Å². The number of aromatic nitrogens is 2. The zero-order valence-electron chi connectivity index (χ0n) is 13.9. The van der Waals surface area contributed by atoms with Gasteiger partial charge in [-0.15, -0.1) is 0 Å². The van der Waals surface area contributed by atoms with E-state index in [0.29, 0.717) is 18.7 Å². The summed E-state index contributed by atoms with van der Waals surface area (Å²) >= 11 is 0. The van der Waals surface area contributed by atoms with Crippen molar-refractivity contribution < 1.29 is 14.3 Å². The van der Waals surface area contributed by atoms with Crippen LogP contribution in [0.2, 0.25) is 0 Å². The largest absolute Gasteiger partial charge is 0.491 e. The molecule has 0 spiro atoms. The van der Waals surface area contributed by atoms with Crippen LogP contribution in [0.5, 0.6) is 5.75 Å². The Morgan fingerprint density at radius 1 is 1.46 bits per heavy atom. The number of benzene rings is 1. The molecule has 1 saturated heterocycles. The molecule has 2 heterocycles. The predicted molar refractivity (Wildman–Crippen MR) is 90.1 cm³/mol. The lowest BCUT2D eigenvalue weighted by Gasteiger charge is -2.15. The molecule has 1 fully saturated rings. The first-order chi connectivity index (χ1) is 11.7. The molecule has 1 aromatic carbocycles. The Balaban J connectivity index is 1.47. The van der Waals surface area contributed by atoms with E-state index in [1.165, 1.54) is 0 Å². The summed E-state index contributed by atoms with van der Waals surface area (Å²) in [4.78, 5) is 16.3. The molecule has 0 unspecified atom stereocenters. The maximum absolute atomic E-state index is 12.3. The number of hydrogen-bond acceptors (Lipinski definition) is 4. The number of nitrogens with zero attached hydrogens (tertiary/aromatic N) is 2. The van der Waals surface area contributed by atoms with Crippen molar-refractivity contribution in [1.82, 2.24) is 14.9 Å². The number of nitrogens with one attached hydrogen (secondary N) is 1. The third-order valence-electron chi connectivity index (χ3n) is 4.00. The molecule has 0 aliphatic carbocycles. The summed E-state index contributed by atoms with van der Waals surface area (Å²) in [7, 11) is 0. The van der Waals surface area contributed by atoms with Gasteiger partial charge in [-0.2, -0.15) is 0 Å². The monoisotopic (exact) mass is 329 g/mol. The average molecular weight is 329 g/mol. The van der Waals surface area contributed by atoms with Crippen molar-refractivity contribution in [3.05, 3.63) is 48.5 Å². The van der Waals surface area contributed by atoms with E-state index in [4.69, 9.17) is 9.47 Å². The summed E-state index contributed by atoms with van der Waals surface area (Å²) in [6.45, 7) is 4.04. The normalized spacial score (nSPS) is 18.3. The zero-order chi connectivity index (χ0) is 16.8. The third-order valence-corrected chi connectivity index (χ3v) is 4.00. The van der Waals surface area contributed by atoms with E-state index in [0.717, 1.165) is 25.2 Å². The molecule has 1 N–H and O–H groups in total. The Kier molecular flexibility index (Phi) is 5.48. The highest BCUT2D eigenvalue weighted by Gasteiger charge is 2.16. The summed E-state index contributed by atoms with van der Waals surface area (Å²) in [5.41, 5.74) is 0.622. The van der Waals surface area contributed by atoms with Gasteiger partial charge in [0.2, 0.25) is 0 Å². The summed E-state index contributed by atoms with van der Waals surface area (Å²) < 4.78 is 13.2. The van der Waals surface area contributed by atoms with Gasteiger partial charge in [-0.3, -0.25) is 4.79 Å². The van der Waals surface area contributed by atoms with Gasteiger partial charge in [-0.1, -0.05) is 0 Å².